The number of rotatable bonds is 6. The van der Waals surface area contributed by atoms with Crippen LogP contribution in [-0.2, 0) is 4.74 Å². The van der Waals surface area contributed by atoms with E-state index in [4.69, 9.17) is 10.5 Å². The Morgan fingerprint density at radius 1 is 1.26 bits per heavy atom. The van der Waals surface area contributed by atoms with E-state index in [1.807, 2.05) is 6.92 Å². The number of unbranched alkanes of at least 4 members (excludes halogenated alkanes) is 2. The Balaban J connectivity index is 1.68. The molecule has 3 fully saturated rings. The number of ether oxygens (including phenoxy) is 1. The van der Waals surface area contributed by atoms with Crippen LogP contribution in [-0.4, -0.2) is 51.6 Å². The van der Waals surface area contributed by atoms with E-state index in [0.717, 1.165) is 25.7 Å². The van der Waals surface area contributed by atoms with Gasteiger partial charge in [-0.1, -0.05) is 38.3 Å². The van der Waals surface area contributed by atoms with E-state index >= 15 is 0 Å². The Kier molecular flexibility index (Phi) is 3.94. The molecule has 1 aromatic rings. The highest BCUT2D eigenvalue weighted by Crippen LogP contribution is 2.71. The second-order valence-corrected chi connectivity index (χ2v) is 7.80. The van der Waals surface area contributed by atoms with Crippen molar-refractivity contribution < 1.29 is 19.1 Å². The molecule has 3 atom stereocenters. The molecule has 1 spiro atoms. The van der Waals surface area contributed by atoms with Crippen LogP contribution < -0.4 is 5.73 Å². The van der Waals surface area contributed by atoms with Gasteiger partial charge in [-0.05, 0) is 25.5 Å². The van der Waals surface area contributed by atoms with Gasteiger partial charge in [-0.2, -0.15) is 0 Å². The van der Waals surface area contributed by atoms with Crippen LogP contribution in [0.5, 0.6) is 0 Å². The maximum absolute atomic E-state index is 13.4. The molecule has 27 heavy (non-hydrogen) atoms. The first-order valence-electron chi connectivity index (χ1n) is 9.61. The van der Waals surface area contributed by atoms with E-state index in [0.29, 0.717) is 18.6 Å². The molecular weight excluding hydrogens is 346 g/mol. The molecule has 3 heterocycles. The van der Waals surface area contributed by atoms with Gasteiger partial charge in [0.1, 0.15) is 0 Å². The second kappa shape index (κ2) is 5.97. The van der Waals surface area contributed by atoms with Gasteiger partial charge in [-0.25, -0.2) is 4.79 Å². The number of carbonyl (C=O) groups is 3. The second-order valence-electron chi connectivity index (χ2n) is 7.80. The quantitative estimate of drug-likeness (QED) is 0.614. The zero-order valence-electron chi connectivity index (χ0n) is 15.7. The molecule has 0 bridgehead atoms. The third-order valence-corrected chi connectivity index (χ3v) is 6.37. The van der Waals surface area contributed by atoms with Crippen molar-refractivity contribution in [1.82, 2.24) is 9.80 Å². The van der Waals surface area contributed by atoms with Crippen molar-refractivity contribution in [3.63, 3.8) is 0 Å². The number of primary amides is 1. The van der Waals surface area contributed by atoms with E-state index in [2.05, 4.69) is 6.92 Å². The minimum atomic E-state index is -0.628. The van der Waals surface area contributed by atoms with Gasteiger partial charge in [0.15, 0.2) is 5.66 Å². The molecule has 0 aromatic heterocycles. The predicted molar refractivity (Wildman–Crippen MR) is 98.0 cm³/mol. The summed E-state index contributed by atoms with van der Waals surface area (Å²) in [5.74, 6) is -0.870. The molecule has 3 saturated heterocycles. The first kappa shape index (κ1) is 17.8. The number of fused-ring (bicyclic) bond motifs is 3. The summed E-state index contributed by atoms with van der Waals surface area (Å²) in [6.45, 7) is 4.52. The largest absolute Gasteiger partial charge is 0.449 e. The summed E-state index contributed by atoms with van der Waals surface area (Å²) in [4.78, 5) is 41.0. The van der Waals surface area contributed by atoms with Crippen molar-refractivity contribution in [3.05, 3.63) is 35.4 Å². The average molecular weight is 371 g/mol. The topological polar surface area (TPSA) is 92.5 Å². The summed E-state index contributed by atoms with van der Waals surface area (Å²) in [6.07, 6.45) is 4.32. The molecule has 2 N–H and O–H groups in total. The fourth-order valence-corrected chi connectivity index (χ4v) is 5.00. The van der Waals surface area contributed by atoms with Gasteiger partial charge >= 0.3 is 6.09 Å². The fraction of sp³-hybridized carbons (Fsp3) is 0.550. The first-order valence-corrected chi connectivity index (χ1v) is 9.61. The number of hydrogen-bond acceptors (Lipinski definition) is 4. The molecule has 1 unspecified atom stereocenters. The summed E-state index contributed by atoms with van der Waals surface area (Å²) in [6, 6.07) is 6.55. The number of amides is 3. The monoisotopic (exact) mass is 371 g/mol. The standard InChI is InChI=1S/C20H25N3O4/c1-3-4-5-10-15-20(19(2)11-12-27-18(26)23(19)20)22(15)17(25)14-9-7-6-8-13(14)16(21)24/h6-9,15H,3-5,10-12H2,1-2H3,(H2,21,24)/t15-,19?,20+,22?,23?/m0/s1. The van der Waals surface area contributed by atoms with Crippen LogP contribution in [0, 0.1) is 0 Å². The van der Waals surface area contributed by atoms with Gasteiger partial charge in [0.05, 0.1) is 29.3 Å². The maximum Gasteiger partial charge on any atom is 0.412 e. The molecule has 4 rings (SSSR count). The highest BCUT2D eigenvalue weighted by atomic mass is 16.6. The lowest BCUT2D eigenvalue weighted by Crippen LogP contribution is -2.29. The summed E-state index contributed by atoms with van der Waals surface area (Å²) >= 11 is 0. The number of nitrogens with two attached hydrogens (primary N) is 1. The van der Waals surface area contributed by atoms with Crippen molar-refractivity contribution >= 4 is 17.9 Å². The van der Waals surface area contributed by atoms with Gasteiger partial charge in [-0.15, -0.1) is 0 Å². The molecule has 0 saturated carbocycles. The number of benzene rings is 1. The van der Waals surface area contributed by atoms with Gasteiger partial charge < -0.3 is 15.4 Å². The molecular formula is C20H25N3O4. The number of hydrogen-bond donors (Lipinski definition) is 1. The first-order chi connectivity index (χ1) is 12.9. The Bertz CT molecular complexity index is 825. The minimum Gasteiger partial charge on any atom is -0.449 e. The SMILES string of the molecule is CCCCC[C@@H]1N(C(=O)c2ccccc2C(N)=O)[C@@]12N1C(=O)OCCC12C. The van der Waals surface area contributed by atoms with Crippen LogP contribution in [0.3, 0.4) is 0 Å². The van der Waals surface area contributed by atoms with Crippen LogP contribution in [0.2, 0.25) is 0 Å². The predicted octanol–water partition coefficient (Wildman–Crippen LogP) is 2.50. The van der Waals surface area contributed by atoms with E-state index in [1.54, 1.807) is 34.1 Å². The van der Waals surface area contributed by atoms with Gasteiger partial charge in [0, 0.05) is 6.42 Å². The molecule has 3 aliphatic heterocycles. The number of nitrogens with zero attached hydrogens (tertiary/aromatic N) is 2. The molecule has 3 aliphatic rings. The highest BCUT2D eigenvalue weighted by molar-refractivity contribution is 6.08. The molecule has 0 aliphatic carbocycles. The zero-order chi connectivity index (χ0) is 19.4. The summed E-state index contributed by atoms with van der Waals surface area (Å²) < 4.78 is 5.22. The lowest BCUT2D eigenvalue weighted by molar-refractivity contribution is 0.0840. The average Bonchev–Trinajstić information content (AvgIpc) is 3.47. The molecule has 144 valence electrons. The van der Waals surface area contributed by atoms with E-state index in [9.17, 15) is 14.4 Å². The van der Waals surface area contributed by atoms with Crippen LogP contribution in [0.25, 0.3) is 0 Å². The lowest BCUT2D eigenvalue weighted by Gasteiger charge is -2.16. The smallest absolute Gasteiger partial charge is 0.412 e. The minimum absolute atomic E-state index is 0.0480. The molecule has 7 nitrogen and oxygen atoms in total. The summed E-state index contributed by atoms with van der Waals surface area (Å²) in [5, 5.41) is 0. The van der Waals surface area contributed by atoms with E-state index < -0.39 is 17.1 Å². The van der Waals surface area contributed by atoms with E-state index in [-0.39, 0.29) is 23.6 Å². The molecule has 1 aromatic carbocycles. The van der Waals surface area contributed by atoms with Crippen molar-refractivity contribution in [3.8, 4) is 0 Å². The van der Waals surface area contributed by atoms with Crippen LogP contribution >= 0.6 is 0 Å². The van der Waals surface area contributed by atoms with Crippen LogP contribution in [0.15, 0.2) is 24.3 Å². The Labute approximate surface area is 158 Å². The fourth-order valence-electron chi connectivity index (χ4n) is 5.00. The number of cyclic esters (lactones) is 1. The van der Waals surface area contributed by atoms with Gasteiger partial charge in [0.25, 0.3) is 5.91 Å². The molecule has 0 radical (unpaired) electrons. The molecule has 7 heteroatoms. The van der Waals surface area contributed by atoms with Crippen molar-refractivity contribution in [2.24, 2.45) is 5.73 Å². The summed E-state index contributed by atoms with van der Waals surface area (Å²) in [7, 11) is 0. The maximum atomic E-state index is 13.4. The highest BCUT2D eigenvalue weighted by Gasteiger charge is 2.93. The van der Waals surface area contributed by atoms with Crippen LogP contribution in [0.4, 0.5) is 4.79 Å². The lowest BCUT2D eigenvalue weighted by atomic mass is 9.99. The van der Waals surface area contributed by atoms with Crippen molar-refractivity contribution in [2.45, 2.75) is 63.2 Å². The van der Waals surface area contributed by atoms with Crippen molar-refractivity contribution in [1.29, 1.82) is 0 Å². The Morgan fingerprint density at radius 2 is 1.96 bits per heavy atom. The third-order valence-electron chi connectivity index (χ3n) is 6.37. The van der Waals surface area contributed by atoms with Gasteiger partial charge in [-0.3, -0.25) is 14.5 Å². The van der Waals surface area contributed by atoms with E-state index in [1.165, 1.54) is 0 Å². The third kappa shape index (κ3) is 2.23. The van der Waals surface area contributed by atoms with Crippen LogP contribution in [0.1, 0.15) is 66.7 Å². The van der Waals surface area contributed by atoms with Gasteiger partial charge in [0.2, 0.25) is 5.91 Å². The molecule has 3 amide bonds. The Hall–Kier alpha value is -2.57. The normalized spacial score (nSPS) is 30.7. The van der Waals surface area contributed by atoms with Crippen molar-refractivity contribution in [2.75, 3.05) is 6.61 Å². The number of carbonyl (C=O) groups excluding carboxylic acids is 3. The Morgan fingerprint density at radius 3 is 2.59 bits per heavy atom. The summed E-state index contributed by atoms with van der Waals surface area (Å²) in [5.41, 5.74) is 4.96. The zero-order valence-corrected chi connectivity index (χ0v) is 15.7.